The van der Waals surface area contributed by atoms with Crippen LogP contribution in [0.1, 0.15) is 41.7 Å². The highest BCUT2D eigenvalue weighted by atomic mass is 16.5. The minimum atomic E-state index is -0.771. The van der Waals surface area contributed by atoms with Crippen LogP contribution in [0.15, 0.2) is 182 Å². The minimum absolute atomic E-state index is 0.264. The van der Waals surface area contributed by atoms with Gasteiger partial charge in [0.25, 0.3) is 0 Å². The van der Waals surface area contributed by atoms with Gasteiger partial charge in [-0.05, 0) is 146 Å². The summed E-state index contributed by atoms with van der Waals surface area (Å²) in [6.07, 6.45) is 0. The van der Waals surface area contributed by atoms with Crippen molar-refractivity contribution in [3.63, 3.8) is 0 Å². The van der Waals surface area contributed by atoms with Crippen LogP contribution in [0.4, 0.5) is 17.1 Å². The Labute approximate surface area is 573 Å². The molecule has 6 aliphatic heterocycles. The third-order valence-corrected chi connectivity index (χ3v) is 21.8. The number of ether oxygens (including phenoxy) is 3. The number of benzene rings is 8. The van der Waals surface area contributed by atoms with E-state index in [4.69, 9.17) is 14.2 Å². The number of amides is 12. The van der Waals surface area contributed by atoms with Crippen molar-refractivity contribution >= 4 is 98.7 Å². The average molecular weight is 1340 g/mol. The molecule has 8 aromatic rings. The first kappa shape index (κ1) is 64.3. The number of anilines is 3. The predicted octanol–water partition coefficient (Wildman–Crippen LogP) is 9.89. The number of carbonyl (C=O) groups is 12. The number of nitrogens with zero attached hydrogens (tertiary/aromatic N) is 6. The second-order valence-electron chi connectivity index (χ2n) is 27.6. The summed E-state index contributed by atoms with van der Waals surface area (Å²) in [4.78, 5) is 159. The minimum Gasteiger partial charge on any atom is -0.457 e. The van der Waals surface area contributed by atoms with E-state index in [1.807, 2.05) is 136 Å². The Bertz CT molecular complexity index is 4760. The topological polar surface area (TPSA) is 252 Å². The van der Waals surface area contributed by atoms with Crippen LogP contribution in [-0.4, -0.2) is 107 Å². The summed E-state index contributed by atoms with van der Waals surface area (Å²) in [5.74, 6) is -9.29. The number of hydrogen-bond acceptors (Lipinski definition) is 15. The lowest BCUT2D eigenvalue weighted by atomic mass is 9.59. The summed E-state index contributed by atoms with van der Waals surface area (Å²) in [6, 6.07) is 56.1. The van der Waals surface area contributed by atoms with Gasteiger partial charge in [0.2, 0.25) is 70.9 Å². The smallest absolute Gasteiger partial charge is 0.238 e. The second kappa shape index (κ2) is 23.8. The lowest BCUT2D eigenvalue weighted by molar-refractivity contribution is -0.146. The SMILES string of the molecule is Cc1ccc(Oc2ccc(C(C)(C)c3ccc(Oc4ccc(N5C(=O)C6C7C(=O)N(C)C(=O)C7C6C5=O)cc4)cc3)cc2)cc1.Cc1ccc(Oc2ccc(N3C(=O)C4C5C(=O)N(C)C(=O)C5C4C3=O)cc2)cc1.Cc1cccc2c(N3C(=O)C4C5C(=O)N(C)C(=O)C5C4C3=O)cccc12. The van der Waals surface area contributed by atoms with E-state index in [-0.39, 0.29) is 52.7 Å². The summed E-state index contributed by atoms with van der Waals surface area (Å²) in [6.45, 7) is 10.3. The Morgan fingerprint density at radius 1 is 0.270 bits per heavy atom. The molecular formula is C79H66N6O15. The molecule has 0 bridgehead atoms. The van der Waals surface area contributed by atoms with Gasteiger partial charge >= 0.3 is 0 Å². The molecule has 8 aromatic carbocycles. The van der Waals surface area contributed by atoms with E-state index >= 15 is 0 Å². The third kappa shape index (κ3) is 9.85. The third-order valence-electron chi connectivity index (χ3n) is 21.8. The molecule has 3 aliphatic carbocycles. The maximum atomic E-state index is 13.2. The largest absolute Gasteiger partial charge is 0.457 e. The maximum absolute atomic E-state index is 13.2. The monoisotopic (exact) mass is 1340 g/mol. The summed E-state index contributed by atoms with van der Waals surface area (Å²) in [7, 11) is 4.22. The van der Waals surface area contributed by atoms with Crippen molar-refractivity contribution < 1.29 is 71.7 Å². The first-order chi connectivity index (χ1) is 47.9. The van der Waals surface area contributed by atoms with E-state index in [9.17, 15) is 57.5 Å². The normalized spacial score (nSPS) is 25.9. The van der Waals surface area contributed by atoms with Crippen LogP contribution in [-0.2, 0) is 62.9 Å². The van der Waals surface area contributed by atoms with E-state index in [0.717, 1.165) is 69.0 Å². The Balaban J connectivity index is 0.000000128. The van der Waals surface area contributed by atoms with E-state index in [0.29, 0.717) is 40.1 Å². The van der Waals surface area contributed by atoms with Gasteiger partial charge in [-0.2, -0.15) is 0 Å². The predicted molar refractivity (Wildman–Crippen MR) is 362 cm³/mol. The molecule has 9 aliphatic rings. The fraction of sp³-hybridized carbons (Fsp3) is 0.266. The van der Waals surface area contributed by atoms with Gasteiger partial charge in [0.05, 0.1) is 88.1 Å². The molecule has 0 spiro atoms. The summed E-state index contributed by atoms with van der Waals surface area (Å²) in [5.41, 5.74) is 6.70. The van der Waals surface area contributed by atoms with Crippen molar-refractivity contribution in [3.8, 4) is 34.5 Å². The van der Waals surface area contributed by atoms with Gasteiger partial charge in [-0.1, -0.05) is 104 Å². The van der Waals surface area contributed by atoms with Crippen molar-refractivity contribution in [2.24, 2.45) is 71.0 Å². The van der Waals surface area contributed by atoms with Gasteiger partial charge in [-0.25, -0.2) is 4.90 Å². The Hall–Kier alpha value is -11.7. The quantitative estimate of drug-likeness (QED) is 0.109. The number of imide groups is 6. The van der Waals surface area contributed by atoms with Crippen molar-refractivity contribution in [3.05, 3.63) is 210 Å². The van der Waals surface area contributed by atoms with Gasteiger partial charge in [-0.15, -0.1) is 0 Å². The van der Waals surface area contributed by atoms with Crippen LogP contribution in [0.3, 0.4) is 0 Å². The average Bonchev–Trinajstić information content (AvgIpc) is 1.54. The van der Waals surface area contributed by atoms with Gasteiger partial charge < -0.3 is 14.2 Å². The highest BCUT2D eigenvalue weighted by molar-refractivity contribution is 6.31. The van der Waals surface area contributed by atoms with Gasteiger partial charge in [0.15, 0.2) is 0 Å². The van der Waals surface area contributed by atoms with E-state index in [1.165, 1.54) is 31.6 Å². The van der Waals surface area contributed by atoms with E-state index < -0.39 is 94.6 Å². The fourth-order valence-electron chi connectivity index (χ4n) is 16.2. The zero-order chi connectivity index (χ0) is 70.4. The molecule has 502 valence electrons. The van der Waals surface area contributed by atoms with Crippen LogP contribution in [0, 0.1) is 91.8 Å². The van der Waals surface area contributed by atoms with E-state index in [2.05, 4.69) is 26.0 Å². The molecule has 9 fully saturated rings. The Kier molecular flexibility index (Phi) is 15.3. The van der Waals surface area contributed by atoms with Crippen LogP contribution < -0.4 is 28.9 Å². The lowest BCUT2D eigenvalue weighted by Crippen LogP contribution is -2.50. The number of rotatable bonds is 11. The highest BCUT2D eigenvalue weighted by Gasteiger charge is 2.75. The summed E-state index contributed by atoms with van der Waals surface area (Å²) < 4.78 is 17.8. The molecule has 21 nitrogen and oxygen atoms in total. The van der Waals surface area contributed by atoms with Crippen molar-refractivity contribution in [1.29, 1.82) is 0 Å². The lowest BCUT2D eigenvalue weighted by Gasteiger charge is -2.36. The molecule has 6 heterocycles. The molecule has 17 rings (SSSR count). The molecule has 21 heteroatoms. The Morgan fingerprint density at radius 2 is 0.510 bits per heavy atom. The molecule has 3 saturated carbocycles. The van der Waals surface area contributed by atoms with Gasteiger partial charge in [0.1, 0.15) is 34.5 Å². The number of fused-ring (bicyclic) bond motifs is 13. The Morgan fingerprint density at radius 3 is 0.810 bits per heavy atom. The van der Waals surface area contributed by atoms with Crippen LogP contribution >= 0.6 is 0 Å². The standard InChI is InChI=1S/C37H32N2O6.C22H18N2O5.C20H16N2O4/c1-21-5-13-25(14-6-21)44-26-15-7-22(8-16-26)37(2,3)23-9-17-27(18-10-23)45-28-19-11-24(12-20-28)39-35(42)31-29-30(32(31)36(39)43)34(41)38(4)33(29)40;1-11-3-7-13(8-4-11)29-14-9-5-12(6-10-14)24-21(27)17-15-16(18(17)22(24)28)20(26)23(2)19(15)25;1-9-5-3-7-11-10(9)6-4-8-12(11)22-19(25)15-13-14(16(15)20(22)26)18(24)21(2)17(13)23/h5-20,29-32H,1-4H3;3-10,15-18H,1-2H3;3-8,13-16H,1-2H3. The van der Waals surface area contributed by atoms with Crippen molar-refractivity contribution in [2.45, 2.75) is 40.0 Å². The van der Waals surface area contributed by atoms with Gasteiger partial charge in [0, 0.05) is 31.9 Å². The summed E-state index contributed by atoms with van der Waals surface area (Å²) in [5, 5.41) is 1.78. The number of likely N-dealkylation sites (tertiary alicyclic amines) is 3. The van der Waals surface area contributed by atoms with Crippen LogP contribution in [0.25, 0.3) is 10.8 Å². The first-order valence-electron chi connectivity index (χ1n) is 33.0. The molecule has 6 saturated heterocycles. The number of hydrogen-bond donors (Lipinski definition) is 0. The molecule has 12 amide bonds. The molecule has 0 radical (unpaired) electrons. The maximum Gasteiger partial charge on any atom is 0.238 e. The first-order valence-corrected chi connectivity index (χ1v) is 33.0. The van der Waals surface area contributed by atoms with Crippen molar-refractivity contribution in [1.82, 2.24) is 14.7 Å². The molecule has 0 aromatic heterocycles. The zero-order valence-electron chi connectivity index (χ0n) is 55.6. The van der Waals surface area contributed by atoms with Crippen LogP contribution in [0.2, 0.25) is 0 Å². The molecule has 100 heavy (non-hydrogen) atoms. The fourth-order valence-corrected chi connectivity index (χ4v) is 16.2. The number of carbonyl (C=O) groups excluding carboxylic acids is 12. The van der Waals surface area contributed by atoms with Crippen LogP contribution in [0.5, 0.6) is 34.5 Å². The molecule has 12 atom stereocenters. The van der Waals surface area contributed by atoms with E-state index in [1.54, 1.807) is 54.6 Å². The molecule has 0 N–H and O–H groups in total. The highest BCUT2D eigenvalue weighted by Crippen LogP contribution is 2.60. The van der Waals surface area contributed by atoms with Crippen molar-refractivity contribution in [2.75, 3.05) is 35.8 Å². The molecule has 12 unspecified atom stereocenters. The molecular weight excluding hydrogens is 1270 g/mol. The van der Waals surface area contributed by atoms with Gasteiger partial charge in [-0.3, -0.25) is 82.0 Å². The number of aryl methyl sites for hydroxylation is 3. The summed E-state index contributed by atoms with van der Waals surface area (Å²) >= 11 is 0. The zero-order valence-corrected chi connectivity index (χ0v) is 55.6. The second-order valence-corrected chi connectivity index (χ2v) is 27.6.